The molecule has 2 amide bonds. The lowest BCUT2D eigenvalue weighted by Crippen LogP contribution is -2.41. The summed E-state index contributed by atoms with van der Waals surface area (Å²) in [6.07, 6.45) is 0.750. The van der Waals surface area contributed by atoms with Gasteiger partial charge in [-0.15, -0.1) is 0 Å². The Bertz CT molecular complexity index is 917. The summed E-state index contributed by atoms with van der Waals surface area (Å²) >= 11 is 0. The van der Waals surface area contributed by atoms with Gasteiger partial charge in [0.15, 0.2) is 0 Å². The summed E-state index contributed by atoms with van der Waals surface area (Å²) in [4.78, 5) is 27.2. The van der Waals surface area contributed by atoms with Gasteiger partial charge in [0.05, 0.1) is 28.0 Å². The molecular formula is C20H20BNO5. The van der Waals surface area contributed by atoms with Gasteiger partial charge in [-0.05, 0) is 45.3 Å². The Hall–Kier alpha value is -2.22. The molecule has 0 N–H and O–H groups in total. The molecule has 4 aliphatic heterocycles. The third-order valence-corrected chi connectivity index (χ3v) is 6.17. The Balaban J connectivity index is 1.46. The molecule has 5 rings (SSSR count). The number of carbonyl (C=O) groups excluding carboxylic acids is 2. The molecule has 1 fully saturated rings. The Morgan fingerprint density at radius 2 is 1.52 bits per heavy atom. The highest BCUT2D eigenvalue weighted by Crippen LogP contribution is 2.48. The number of hydrogen-bond donors (Lipinski definition) is 0. The molecule has 0 aromatic heterocycles. The number of imide groups is 1. The van der Waals surface area contributed by atoms with E-state index in [2.05, 4.69) is 0 Å². The lowest BCUT2D eigenvalue weighted by atomic mass is 9.71. The van der Waals surface area contributed by atoms with Crippen LogP contribution in [0.25, 0.3) is 0 Å². The van der Waals surface area contributed by atoms with Crippen molar-refractivity contribution in [2.24, 2.45) is 0 Å². The SMILES string of the molecule is CC1(C)OB(C2=C[C@@H]3O[C@H]2C2=C3C(=O)N(c3ccccc3)C2=O)OC1(C)C. The van der Waals surface area contributed by atoms with Gasteiger partial charge < -0.3 is 14.0 Å². The second kappa shape index (κ2) is 5.19. The number of fused-ring (bicyclic) bond motifs is 4. The molecule has 6 nitrogen and oxygen atoms in total. The predicted octanol–water partition coefficient (Wildman–Crippen LogP) is 2.20. The van der Waals surface area contributed by atoms with E-state index in [4.69, 9.17) is 14.0 Å². The molecule has 0 spiro atoms. The number of ether oxygens (including phenoxy) is 1. The third kappa shape index (κ3) is 2.13. The zero-order chi connectivity index (χ0) is 19.1. The van der Waals surface area contributed by atoms with E-state index in [-0.39, 0.29) is 11.8 Å². The number of hydrogen-bond acceptors (Lipinski definition) is 5. The van der Waals surface area contributed by atoms with Crippen molar-refractivity contribution < 1.29 is 23.6 Å². The van der Waals surface area contributed by atoms with E-state index in [1.807, 2.05) is 39.8 Å². The highest BCUT2D eigenvalue weighted by atomic mass is 16.7. The van der Waals surface area contributed by atoms with Crippen molar-refractivity contribution in [3.05, 3.63) is 53.0 Å². The normalized spacial score (nSPS) is 30.4. The fourth-order valence-electron chi connectivity index (χ4n) is 4.00. The van der Waals surface area contributed by atoms with Crippen molar-refractivity contribution in [2.75, 3.05) is 4.90 Å². The van der Waals surface area contributed by atoms with E-state index in [1.165, 1.54) is 4.90 Å². The van der Waals surface area contributed by atoms with Crippen molar-refractivity contribution in [1.29, 1.82) is 0 Å². The smallest absolute Gasteiger partial charge is 0.399 e. The molecule has 7 heteroatoms. The predicted molar refractivity (Wildman–Crippen MR) is 98.8 cm³/mol. The Kier molecular flexibility index (Phi) is 3.25. The van der Waals surface area contributed by atoms with Gasteiger partial charge in [-0.1, -0.05) is 24.3 Å². The maximum atomic E-state index is 13.1. The van der Waals surface area contributed by atoms with E-state index < -0.39 is 30.5 Å². The number of amides is 2. The summed E-state index contributed by atoms with van der Waals surface area (Å²) in [7, 11) is -0.590. The number of carbonyl (C=O) groups is 2. The molecule has 138 valence electrons. The van der Waals surface area contributed by atoms with Crippen molar-refractivity contribution in [3.8, 4) is 0 Å². The van der Waals surface area contributed by atoms with E-state index in [0.717, 1.165) is 5.47 Å². The average molecular weight is 365 g/mol. The number of benzene rings is 1. The van der Waals surface area contributed by atoms with Crippen LogP contribution >= 0.6 is 0 Å². The summed E-state index contributed by atoms with van der Waals surface area (Å²) in [5.41, 5.74) is 1.23. The topological polar surface area (TPSA) is 65.1 Å². The Morgan fingerprint density at radius 3 is 2.15 bits per heavy atom. The van der Waals surface area contributed by atoms with Crippen LogP contribution in [0.5, 0.6) is 0 Å². The fraction of sp³-hybridized carbons (Fsp3) is 0.400. The minimum Gasteiger partial charge on any atom is -0.399 e. The highest BCUT2D eigenvalue weighted by molar-refractivity contribution is 6.56. The molecule has 2 atom stereocenters. The summed E-state index contributed by atoms with van der Waals surface area (Å²) in [5.74, 6) is -0.631. The number of anilines is 1. The van der Waals surface area contributed by atoms with Crippen molar-refractivity contribution in [1.82, 2.24) is 0 Å². The first-order valence-corrected chi connectivity index (χ1v) is 9.12. The van der Waals surface area contributed by atoms with Gasteiger partial charge in [-0.25, -0.2) is 4.90 Å². The van der Waals surface area contributed by atoms with E-state index in [9.17, 15) is 9.59 Å². The van der Waals surface area contributed by atoms with Crippen LogP contribution in [0, 0.1) is 0 Å². The Morgan fingerprint density at radius 1 is 0.926 bits per heavy atom. The lowest BCUT2D eigenvalue weighted by Gasteiger charge is -2.32. The molecule has 4 heterocycles. The molecule has 1 aromatic rings. The number of para-hydroxylation sites is 1. The van der Waals surface area contributed by atoms with Crippen LogP contribution in [0.4, 0.5) is 5.69 Å². The first-order valence-electron chi connectivity index (χ1n) is 9.12. The van der Waals surface area contributed by atoms with E-state index in [1.54, 1.807) is 24.3 Å². The van der Waals surface area contributed by atoms with Crippen LogP contribution in [0.15, 0.2) is 53.0 Å². The number of rotatable bonds is 2. The van der Waals surface area contributed by atoms with E-state index >= 15 is 0 Å². The van der Waals surface area contributed by atoms with Crippen LogP contribution in [0.2, 0.25) is 0 Å². The molecule has 1 saturated heterocycles. The highest BCUT2D eigenvalue weighted by Gasteiger charge is 2.60. The molecule has 0 unspecified atom stereocenters. The molecule has 0 saturated carbocycles. The minimum absolute atomic E-state index is 0.307. The monoisotopic (exact) mass is 365 g/mol. The zero-order valence-electron chi connectivity index (χ0n) is 15.7. The molecule has 0 radical (unpaired) electrons. The third-order valence-electron chi connectivity index (χ3n) is 6.17. The molecular weight excluding hydrogens is 345 g/mol. The Labute approximate surface area is 157 Å². The average Bonchev–Trinajstić information content (AvgIpc) is 3.30. The minimum atomic E-state index is -0.593. The lowest BCUT2D eigenvalue weighted by molar-refractivity contribution is -0.121. The maximum absolute atomic E-state index is 13.1. The van der Waals surface area contributed by atoms with Gasteiger partial charge in [-0.2, -0.15) is 0 Å². The van der Waals surface area contributed by atoms with Gasteiger partial charge in [-0.3, -0.25) is 9.59 Å². The van der Waals surface area contributed by atoms with Gasteiger partial charge in [0.25, 0.3) is 11.8 Å². The summed E-state index contributed by atoms with van der Waals surface area (Å²) < 4.78 is 18.2. The summed E-state index contributed by atoms with van der Waals surface area (Å²) in [6, 6.07) is 8.96. The van der Waals surface area contributed by atoms with Crippen molar-refractivity contribution in [2.45, 2.75) is 51.1 Å². The molecule has 27 heavy (non-hydrogen) atoms. The quantitative estimate of drug-likeness (QED) is 0.594. The van der Waals surface area contributed by atoms with Crippen molar-refractivity contribution in [3.63, 3.8) is 0 Å². The van der Waals surface area contributed by atoms with Gasteiger partial charge in [0.1, 0.15) is 12.2 Å². The van der Waals surface area contributed by atoms with Gasteiger partial charge >= 0.3 is 7.12 Å². The second-order valence-corrected chi connectivity index (χ2v) is 8.30. The molecule has 4 aliphatic rings. The first-order chi connectivity index (χ1) is 12.7. The summed E-state index contributed by atoms with van der Waals surface area (Å²) in [5, 5.41) is 0. The van der Waals surface area contributed by atoms with Gasteiger partial charge in [0, 0.05) is 0 Å². The zero-order valence-corrected chi connectivity index (χ0v) is 15.7. The standard InChI is InChI=1S/C20H20BNO5/c1-19(2)20(3,4)27-21(26-19)12-10-13-14-15(16(12)25-13)18(24)22(17(14)23)11-8-6-5-7-9-11/h5-10,13,16H,1-4H3/t13-,16+/m0/s1. The molecule has 1 aromatic carbocycles. The van der Waals surface area contributed by atoms with Crippen LogP contribution in [0.3, 0.4) is 0 Å². The van der Waals surface area contributed by atoms with Crippen LogP contribution in [-0.2, 0) is 23.6 Å². The maximum Gasteiger partial charge on any atom is 0.493 e. The van der Waals surface area contributed by atoms with Crippen LogP contribution in [0.1, 0.15) is 27.7 Å². The number of nitrogens with zero attached hydrogens (tertiary/aromatic N) is 1. The van der Waals surface area contributed by atoms with Crippen molar-refractivity contribution >= 4 is 24.6 Å². The first kappa shape index (κ1) is 16.9. The van der Waals surface area contributed by atoms with Crippen LogP contribution in [-0.4, -0.2) is 42.3 Å². The van der Waals surface area contributed by atoms with E-state index in [0.29, 0.717) is 16.8 Å². The molecule has 0 aliphatic carbocycles. The molecule has 2 bridgehead atoms. The van der Waals surface area contributed by atoms with Crippen LogP contribution < -0.4 is 4.90 Å². The second-order valence-electron chi connectivity index (χ2n) is 8.30. The fourth-order valence-corrected chi connectivity index (χ4v) is 4.00. The summed E-state index contributed by atoms with van der Waals surface area (Å²) in [6.45, 7) is 7.92. The largest absolute Gasteiger partial charge is 0.493 e. The van der Waals surface area contributed by atoms with Gasteiger partial charge in [0.2, 0.25) is 0 Å².